The van der Waals surface area contributed by atoms with Gasteiger partial charge in [0.25, 0.3) is 5.91 Å². The molecule has 94 valence electrons. The second-order valence-corrected chi connectivity index (χ2v) is 4.94. The number of hydrogen-bond acceptors (Lipinski definition) is 2. The molecule has 1 amide bonds. The fraction of sp³-hybridized carbons (Fsp3) is 0.545. The summed E-state index contributed by atoms with van der Waals surface area (Å²) >= 11 is 11.6. The zero-order valence-electron chi connectivity index (χ0n) is 9.25. The van der Waals surface area contributed by atoms with Gasteiger partial charge in [0, 0.05) is 12.6 Å². The predicted octanol–water partition coefficient (Wildman–Crippen LogP) is 2.31. The topological polar surface area (TPSA) is 56.3 Å². The van der Waals surface area contributed by atoms with Crippen LogP contribution in [-0.4, -0.2) is 40.1 Å². The van der Waals surface area contributed by atoms with E-state index in [1.165, 1.54) is 6.07 Å². The lowest BCUT2D eigenvalue weighted by molar-refractivity contribution is 0.0520. The lowest BCUT2D eigenvalue weighted by Gasteiger charge is -2.37. The van der Waals surface area contributed by atoms with E-state index in [9.17, 15) is 4.79 Å². The van der Waals surface area contributed by atoms with Crippen LogP contribution >= 0.6 is 23.2 Å². The average Bonchev–Trinajstić information content (AvgIpc) is 2.55. The fourth-order valence-electron chi connectivity index (χ4n) is 1.93. The normalized spacial score (nSPS) is 15.7. The van der Waals surface area contributed by atoms with Crippen LogP contribution in [0.3, 0.4) is 0 Å². The minimum absolute atomic E-state index is 0.0373. The maximum Gasteiger partial charge on any atom is 0.270 e. The molecule has 6 heteroatoms. The molecule has 0 atom stereocenters. The molecule has 1 aliphatic carbocycles. The van der Waals surface area contributed by atoms with Crippen LogP contribution in [0.15, 0.2) is 6.07 Å². The number of carbonyl (C=O) groups is 1. The van der Waals surface area contributed by atoms with Gasteiger partial charge in [-0.25, -0.2) is 0 Å². The molecule has 0 aliphatic heterocycles. The van der Waals surface area contributed by atoms with E-state index in [2.05, 4.69) is 4.98 Å². The van der Waals surface area contributed by atoms with Crippen molar-refractivity contribution in [1.29, 1.82) is 0 Å². The van der Waals surface area contributed by atoms with E-state index in [1.54, 1.807) is 4.90 Å². The maximum absolute atomic E-state index is 12.2. The van der Waals surface area contributed by atoms with Crippen LogP contribution in [0, 0.1) is 0 Å². The SMILES string of the molecule is O=C(c1cc(Cl)c(Cl)[nH]1)N(CCO)C1CCC1. The summed E-state index contributed by atoms with van der Waals surface area (Å²) < 4.78 is 0. The number of aromatic nitrogens is 1. The van der Waals surface area contributed by atoms with E-state index in [1.807, 2.05) is 0 Å². The molecule has 2 rings (SSSR count). The molecule has 1 aromatic rings. The van der Waals surface area contributed by atoms with Crippen LogP contribution in [0.25, 0.3) is 0 Å². The first kappa shape index (κ1) is 12.7. The molecule has 0 radical (unpaired) electrons. The quantitative estimate of drug-likeness (QED) is 0.887. The Morgan fingerprint density at radius 3 is 2.65 bits per heavy atom. The van der Waals surface area contributed by atoms with E-state index < -0.39 is 0 Å². The van der Waals surface area contributed by atoms with Gasteiger partial charge in [-0.05, 0) is 25.3 Å². The van der Waals surface area contributed by atoms with Gasteiger partial charge in [-0.2, -0.15) is 0 Å². The van der Waals surface area contributed by atoms with E-state index in [-0.39, 0.29) is 23.7 Å². The standard InChI is InChI=1S/C11H14Cl2N2O2/c12-8-6-9(14-10(8)13)11(17)15(4-5-16)7-2-1-3-7/h6-7,14,16H,1-5H2. The lowest BCUT2D eigenvalue weighted by atomic mass is 9.91. The molecule has 1 aliphatic rings. The molecule has 1 aromatic heterocycles. The Morgan fingerprint density at radius 2 is 2.24 bits per heavy atom. The highest BCUT2D eigenvalue weighted by atomic mass is 35.5. The number of carbonyl (C=O) groups excluding carboxylic acids is 1. The first-order valence-corrected chi connectivity index (χ1v) is 6.35. The third kappa shape index (κ3) is 2.59. The Balaban J connectivity index is 2.14. The predicted molar refractivity (Wildman–Crippen MR) is 66.6 cm³/mol. The molecule has 2 N–H and O–H groups in total. The Morgan fingerprint density at radius 1 is 1.53 bits per heavy atom. The van der Waals surface area contributed by atoms with Gasteiger partial charge in [-0.3, -0.25) is 4.79 Å². The number of rotatable bonds is 4. The minimum atomic E-state index is -0.155. The molecule has 1 saturated carbocycles. The van der Waals surface area contributed by atoms with Crippen LogP contribution in [-0.2, 0) is 0 Å². The molecule has 0 saturated heterocycles. The largest absolute Gasteiger partial charge is 0.395 e. The Kier molecular flexibility index (Phi) is 3.97. The van der Waals surface area contributed by atoms with Crippen molar-refractivity contribution in [2.24, 2.45) is 0 Å². The second-order valence-electron chi connectivity index (χ2n) is 4.15. The smallest absolute Gasteiger partial charge is 0.270 e. The third-order valence-corrected chi connectivity index (χ3v) is 3.77. The molecule has 0 spiro atoms. The fourth-order valence-corrected chi connectivity index (χ4v) is 2.24. The highest BCUT2D eigenvalue weighted by Crippen LogP contribution is 2.28. The molecule has 0 unspecified atom stereocenters. The number of amides is 1. The van der Waals surface area contributed by atoms with Crippen molar-refractivity contribution in [1.82, 2.24) is 9.88 Å². The van der Waals surface area contributed by atoms with Crippen LogP contribution in [0.5, 0.6) is 0 Å². The van der Waals surface area contributed by atoms with Gasteiger partial charge in [0.2, 0.25) is 0 Å². The minimum Gasteiger partial charge on any atom is -0.395 e. The monoisotopic (exact) mass is 276 g/mol. The van der Waals surface area contributed by atoms with Crippen molar-refractivity contribution in [2.75, 3.05) is 13.2 Å². The first-order valence-electron chi connectivity index (χ1n) is 5.59. The molecule has 17 heavy (non-hydrogen) atoms. The number of aromatic amines is 1. The molecular formula is C11H14Cl2N2O2. The number of nitrogens with one attached hydrogen (secondary N) is 1. The number of halogens is 2. The van der Waals surface area contributed by atoms with Gasteiger partial charge in [0.05, 0.1) is 11.6 Å². The van der Waals surface area contributed by atoms with Crippen LogP contribution in [0.2, 0.25) is 10.2 Å². The van der Waals surface area contributed by atoms with Gasteiger partial charge >= 0.3 is 0 Å². The van der Waals surface area contributed by atoms with Crippen LogP contribution < -0.4 is 0 Å². The summed E-state index contributed by atoms with van der Waals surface area (Å²) in [7, 11) is 0. The summed E-state index contributed by atoms with van der Waals surface area (Å²) in [5, 5.41) is 9.62. The maximum atomic E-state index is 12.2. The van der Waals surface area contributed by atoms with E-state index >= 15 is 0 Å². The van der Waals surface area contributed by atoms with Gasteiger partial charge in [0.15, 0.2) is 0 Å². The molecule has 1 heterocycles. The van der Waals surface area contributed by atoms with Gasteiger partial charge in [-0.1, -0.05) is 23.2 Å². The highest BCUT2D eigenvalue weighted by Gasteiger charge is 2.29. The molecule has 0 bridgehead atoms. The molecule has 0 aromatic carbocycles. The van der Waals surface area contributed by atoms with Crippen molar-refractivity contribution in [3.05, 3.63) is 21.9 Å². The Hall–Kier alpha value is -0.710. The highest BCUT2D eigenvalue weighted by molar-refractivity contribution is 6.41. The van der Waals surface area contributed by atoms with Gasteiger partial charge < -0.3 is 15.0 Å². The molecule has 1 fully saturated rings. The summed E-state index contributed by atoms with van der Waals surface area (Å²) in [4.78, 5) is 16.6. The summed E-state index contributed by atoms with van der Waals surface area (Å²) in [6.45, 7) is 0.308. The number of nitrogens with zero attached hydrogens (tertiary/aromatic N) is 1. The number of aliphatic hydroxyl groups is 1. The zero-order chi connectivity index (χ0) is 12.4. The summed E-state index contributed by atoms with van der Waals surface area (Å²) in [5.74, 6) is -0.155. The van der Waals surface area contributed by atoms with Gasteiger partial charge in [-0.15, -0.1) is 0 Å². The van der Waals surface area contributed by atoms with E-state index in [0.29, 0.717) is 17.3 Å². The van der Waals surface area contributed by atoms with E-state index in [0.717, 1.165) is 19.3 Å². The Labute approximate surface area is 110 Å². The Bertz CT molecular complexity index is 396. The number of hydrogen-bond donors (Lipinski definition) is 2. The van der Waals surface area contributed by atoms with Crippen molar-refractivity contribution < 1.29 is 9.90 Å². The van der Waals surface area contributed by atoms with Crippen molar-refractivity contribution in [2.45, 2.75) is 25.3 Å². The van der Waals surface area contributed by atoms with Crippen molar-refractivity contribution >= 4 is 29.1 Å². The lowest BCUT2D eigenvalue weighted by Crippen LogP contribution is -2.45. The van der Waals surface area contributed by atoms with Gasteiger partial charge in [0.1, 0.15) is 10.8 Å². The third-order valence-electron chi connectivity index (χ3n) is 3.07. The summed E-state index contributed by atoms with van der Waals surface area (Å²) in [6, 6.07) is 1.76. The van der Waals surface area contributed by atoms with Crippen molar-refractivity contribution in [3.8, 4) is 0 Å². The first-order chi connectivity index (χ1) is 8.13. The number of H-pyrrole nitrogens is 1. The number of aliphatic hydroxyl groups excluding tert-OH is 1. The van der Waals surface area contributed by atoms with Crippen molar-refractivity contribution in [3.63, 3.8) is 0 Å². The second kappa shape index (κ2) is 5.29. The molecular weight excluding hydrogens is 263 g/mol. The van der Waals surface area contributed by atoms with Crippen LogP contribution in [0.1, 0.15) is 29.8 Å². The van der Waals surface area contributed by atoms with E-state index in [4.69, 9.17) is 28.3 Å². The summed E-state index contributed by atoms with van der Waals surface area (Å²) in [6.07, 6.45) is 3.12. The average molecular weight is 277 g/mol. The van der Waals surface area contributed by atoms with Crippen LogP contribution in [0.4, 0.5) is 0 Å². The zero-order valence-corrected chi connectivity index (χ0v) is 10.8. The summed E-state index contributed by atoms with van der Waals surface area (Å²) in [5.41, 5.74) is 0.375. The molecule has 4 nitrogen and oxygen atoms in total.